The van der Waals surface area contributed by atoms with E-state index in [9.17, 15) is 8.42 Å². The molecule has 7 heteroatoms. The van der Waals surface area contributed by atoms with E-state index in [-0.39, 0.29) is 18.4 Å². The van der Waals surface area contributed by atoms with Gasteiger partial charge in [0.25, 0.3) is 0 Å². The average molecular weight is 370 g/mol. The first-order valence-corrected chi connectivity index (χ1v) is 9.76. The number of aryl methyl sites for hydroxylation is 1. The van der Waals surface area contributed by atoms with E-state index in [2.05, 4.69) is 10.0 Å². The van der Waals surface area contributed by atoms with E-state index in [0.29, 0.717) is 17.0 Å². The lowest BCUT2D eigenvalue weighted by molar-refractivity contribution is 0.345. The van der Waals surface area contributed by atoms with E-state index < -0.39 is 10.0 Å². The van der Waals surface area contributed by atoms with Crippen LogP contribution in [0.2, 0.25) is 0 Å². The summed E-state index contributed by atoms with van der Waals surface area (Å²) in [7, 11) is -1.60. The zero-order valence-corrected chi connectivity index (χ0v) is 15.6. The molecule has 2 aliphatic rings. The molecule has 2 saturated heterocycles. The molecular formula is C17H24ClN3O2S. The summed E-state index contributed by atoms with van der Waals surface area (Å²) in [6.07, 6.45) is 4.10. The first kappa shape index (κ1) is 17.7. The van der Waals surface area contributed by atoms with E-state index in [1.54, 1.807) is 0 Å². The van der Waals surface area contributed by atoms with Gasteiger partial charge in [-0.3, -0.25) is 0 Å². The summed E-state index contributed by atoms with van der Waals surface area (Å²) in [4.78, 5) is 0.432. The van der Waals surface area contributed by atoms with E-state index in [4.69, 9.17) is 0 Å². The van der Waals surface area contributed by atoms with Crippen LogP contribution in [0.3, 0.4) is 0 Å². The molecule has 2 fully saturated rings. The van der Waals surface area contributed by atoms with Crippen LogP contribution >= 0.6 is 12.4 Å². The number of aromatic nitrogens is 1. The summed E-state index contributed by atoms with van der Waals surface area (Å²) in [5.74, 6) is 0. The highest BCUT2D eigenvalue weighted by atomic mass is 35.5. The van der Waals surface area contributed by atoms with Gasteiger partial charge in [0.1, 0.15) is 4.90 Å². The summed E-state index contributed by atoms with van der Waals surface area (Å²) in [5.41, 5.74) is 1.74. The minimum Gasteiger partial charge on any atom is -0.347 e. The Kier molecular flexibility index (Phi) is 4.68. The molecule has 2 unspecified atom stereocenters. The topological polar surface area (TPSA) is 63.1 Å². The molecule has 0 radical (unpaired) electrons. The Labute approximate surface area is 149 Å². The third kappa shape index (κ3) is 2.86. The highest BCUT2D eigenvalue weighted by molar-refractivity contribution is 7.89. The van der Waals surface area contributed by atoms with Crippen molar-refractivity contribution in [2.45, 2.75) is 55.6 Å². The summed E-state index contributed by atoms with van der Waals surface area (Å²) in [6, 6.07) is 8.67. The summed E-state index contributed by atoms with van der Waals surface area (Å²) in [6.45, 7) is 1.88. The molecule has 0 aliphatic carbocycles. The van der Waals surface area contributed by atoms with Gasteiger partial charge in [-0.1, -0.05) is 18.2 Å². The number of fused-ring (bicyclic) bond motifs is 3. The quantitative estimate of drug-likeness (QED) is 0.873. The molecule has 3 heterocycles. The van der Waals surface area contributed by atoms with Gasteiger partial charge in [0.15, 0.2) is 0 Å². The monoisotopic (exact) mass is 369 g/mol. The first-order chi connectivity index (χ1) is 11.0. The molecule has 2 N–H and O–H groups in total. The van der Waals surface area contributed by atoms with E-state index in [0.717, 1.165) is 42.3 Å². The SMILES string of the molecule is Cc1c(S(=O)(=O)NC2CC3CCC(C2)N3)c2ccccc2n1C.Cl. The number of nitrogens with zero attached hydrogens (tertiary/aromatic N) is 1. The molecule has 2 aliphatic heterocycles. The molecule has 5 nitrogen and oxygen atoms in total. The molecular weight excluding hydrogens is 346 g/mol. The standard InChI is InChI=1S/C17H23N3O2S.ClH/c1-11-17(15-5-3-4-6-16(15)20(11)2)23(21,22)19-14-9-12-7-8-13(10-14)18-12;/h3-6,12-14,18-19H,7-10H2,1-2H3;1H. The third-order valence-corrected chi connectivity index (χ3v) is 7.10. The molecule has 4 rings (SSSR count). The number of benzene rings is 1. The van der Waals surface area contributed by atoms with E-state index in [1.165, 1.54) is 0 Å². The Bertz CT molecular complexity index is 850. The smallest absolute Gasteiger partial charge is 0.243 e. The van der Waals surface area contributed by atoms with Gasteiger partial charge >= 0.3 is 0 Å². The molecule has 1 aromatic heterocycles. The number of hydrogen-bond donors (Lipinski definition) is 2. The van der Waals surface area contributed by atoms with Gasteiger partial charge in [0, 0.05) is 41.8 Å². The van der Waals surface area contributed by atoms with Gasteiger partial charge in [0.05, 0.1) is 0 Å². The summed E-state index contributed by atoms with van der Waals surface area (Å²) in [5, 5.41) is 4.35. The lowest BCUT2D eigenvalue weighted by Gasteiger charge is -2.29. The molecule has 0 spiro atoms. The van der Waals surface area contributed by atoms with Crippen molar-refractivity contribution in [3.63, 3.8) is 0 Å². The maximum absolute atomic E-state index is 13.0. The predicted molar refractivity (Wildman–Crippen MR) is 98.2 cm³/mol. The van der Waals surface area contributed by atoms with Crippen LogP contribution in [-0.2, 0) is 17.1 Å². The highest BCUT2D eigenvalue weighted by Crippen LogP contribution is 2.31. The number of sulfonamides is 1. The van der Waals surface area contributed by atoms with Crippen LogP contribution in [0.5, 0.6) is 0 Å². The second kappa shape index (κ2) is 6.33. The normalized spacial score (nSPS) is 26.5. The van der Waals surface area contributed by atoms with Gasteiger partial charge < -0.3 is 9.88 Å². The zero-order valence-electron chi connectivity index (χ0n) is 14.0. The number of nitrogens with one attached hydrogen (secondary N) is 2. The lowest BCUT2D eigenvalue weighted by Crippen LogP contribution is -2.48. The Morgan fingerprint density at radius 3 is 2.46 bits per heavy atom. The third-order valence-electron chi connectivity index (χ3n) is 5.41. The molecule has 2 aromatic rings. The predicted octanol–water partition coefficient (Wildman–Crippen LogP) is 2.47. The van der Waals surface area contributed by atoms with Crippen molar-refractivity contribution < 1.29 is 8.42 Å². The van der Waals surface area contributed by atoms with E-state index >= 15 is 0 Å². The Morgan fingerprint density at radius 1 is 1.17 bits per heavy atom. The van der Waals surface area contributed by atoms with Crippen molar-refractivity contribution >= 4 is 33.3 Å². The Morgan fingerprint density at radius 2 is 1.79 bits per heavy atom. The van der Waals surface area contributed by atoms with Gasteiger partial charge in [-0.15, -0.1) is 12.4 Å². The van der Waals surface area contributed by atoms with Crippen LogP contribution in [0.15, 0.2) is 29.2 Å². The molecule has 1 aromatic carbocycles. The summed E-state index contributed by atoms with van der Waals surface area (Å²) >= 11 is 0. The van der Waals surface area contributed by atoms with Crippen LogP contribution in [0.25, 0.3) is 10.9 Å². The minimum absolute atomic E-state index is 0. The maximum Gasteiger partial charge on any atom is 0.243 e. The fraction of sp³-hybridized carbons (Fsp3) is 0.529. The van der Waals surface area contributed by atoms with Crippen molar-refractivity contribution in [3.05, 3.63) is 30.0 Å². The van der Waals surface area contributed by atoms with Crippen molar-refractivity contribution in [1.82, 2.24) is 14.6 Å². The first-order valence-electron chi connectivity index (χ1n) is 8.28. The van der Waals surface area contributed by atoms with Crippen molar-refractivity contribution in [2.24, 2.45) is 7.05 Å². The number of hydrogen-bond acceptors (Lipinski definition) is 3. The second-order valence-electron chi connectivity index (χ2n) is 6.92. The Balaban J connectivity index is 0.00000169. The van der Waals surface area contributed by atoms with Crippen molar-refractivity contribution in [3.8, 4) is 0 Å². The maximum atomic E-state index is 13.0. The summed E-state index contributed by atoms with van der Waals surface area (Å²) < 4.78 is 31.0. The largest absolute Gasteiger partial charge is 0.347 e. The highest BCUT2D eigenvalue weighted by Gasteiger charge is 2.36. The number of rotatable bonds is 3. The average Bonchev–Trinajstić information content (AvgIpc) is 2.97. The fourth-order valence-electron chi connectivity index (χ4n) is 4.26. The molecule has 2 bridgehead atoms. The van der Waals surface area contributed by atoms with Gasteiger partial charge in [0.2, 0.25) is 10.0 Å². The van der Waals surface area contributed by atoms with Crippen LogP contribution in [-0.4, -0.2) is 31.1 Å². The molecule has 2 atom stereocenters. The van der Waals surface area contributed by atoms with Crippen LogP contribution < -0.4 is 10.0 Å². The van der Waals surface area contributed by atoms with E-state index in [1.807, 2.05) is 42.8 Å². The lowest BCUT2D eigenvalue weighted by atomic mass is 10.0. The molecule has 132 valence electrons. The van der Waals surface area contributed by atoms with Crippen LogP contribution in [0, 0.1) is 6.92 Å². The van der Waals surface area contributed by atoms with Crippen molar-refractivity contribution in [1.29, 1.82) is 0 Å². The Hall–Kier alpha value is -1.08. The zero-order chi connectivity index (χ0) is 16.2. The second-order valence-corrected chi connectivity index (χ2v) is 8.57. The molecule has 0 saturated carbocycles. The minimum atomic E-state index is -3.51. The van der Waals surface area contributed by atoms with Gasteiger partial charge in [-0.25, -0.2) is 13.1 Å². The van der Waals surface area contributed by atoms with Crippen LogP contribution in [0.1, 0.15) is 31.4 Å². The molecule has 0 amide bonds. The fourth-order valence-corrected chi connectivity index (χ4v) is 5.99. The van der Waals surface area contributed by atoms with Crippen molar-refractivity contribution in [2.75, 3.05) is 0 Å². The molecule has 24 heavy (non-hydrogen) atoms. The number of halogens is 1. The van der Waals surface area contributed by atoms with Crippen LogP contribution in [0.4, 0.5) is 0 Å². The number of piperidine rings is 1. The van der Waals surface area contributed by atoms with Gasteiger partial charge in [-0.05, 0) is 38.7 Å². The van der Waals surface area contributed by atoms with Gasteiger partial charge in [-0.2, -0.15) is 0 Å². The number of para-hydroxylation sites is 1.